The molecule has 6 heteroatoms. The van der Waals surface area contributed by atoms with Crippen LogP contribution in [0.15, 0.2) is 41.5 Å². The number of nitrogens with zero attached hydrogens (tertiary/aromatic N) is 4. The molecule has 1 unspecified atom stereocenters. The molecule has 3 aromatic rings. The molecule has 128 valence electrons. The van der Waals surface area contributed by atoms with Crippen LogP contribution in [0.5, 0.6) is 0 Å². The average molecular weight is 336 g/mol. The van der Waals surface area contributed by atoms with Gasteiger partial charge in [0, 0.05) is 18.6 Å². The first-order chi connectivity index (χ1) is 12.1. The van der Waals surface area contributed by atoms with Gasteiger partial charge in [0.25, 0.3) is 5.56 Å². The Morgan fingerprint density at radius 2 is 2.12 bits per heavy atom. The van der Waals surface area contributed by atoms with Crippen LogP contribution in [-0.4, -0.2) is 24.7 Å². The molecule has 3 aliphatic rings. The lowest BCUT2D eigenvalue weighted by molar-refractivity contribution is 0.132. The Morgan fingerprint density at radius 3 is 2.88 bits per heavy atom. The molecule has 0 saturated heterocycles. The van der Waals surface area contributed by atoms with Gasteiger partial charge in [0.15, 0.2) is 0 Å². The van der Waals surface area contributed by atoms with E-state index in [1.165, 1.54) is 19.3 Å². The number of aliphatic hydroxyl groups excluding tert-OH is 1. The predicted molar refractivity (Wildman–Crippen MR) is 93.2 cm³/mol. The molecule has 6 rings (SSSR count). The number of aliphatic hydroxyl groups is 1. The zero-order valence-corrected chi connectivity index (χ0v) is 14.1. The molecular formula is C19H20N4O2. The van der Waals surface area contributed by atoms with E-state index >= 15 is 0 Å². The Hall–Kier alpha value is -2.47. The zero-order chi connectivity index (χ0) is 17.2. The summed E-state index contributed by atoms with van der Waals surface area (Å²) in [4.78, 5) is 12.3. The molecule has 6 nitrogen and oxygen atoms in total. The number of aryl methyl sites for hydroxylation is 1. The van der Waals surface area contributed by atoms with E-state index in [1.54, 1.807) is 29.9 Å². The van der Waals surface area contributed by atoms with E-state index in [1.807, 2.05) is 23.0 Å². The highest BCUT2D eigenvalue weighted by molar-refractivity contribution is 5.85. The van der Waals surface area contributed by atoms with Crippen LogP contribution < -0.4 is 5.56 Å². The summed E-state index contributed by atoms with van der Waals surface area (Å²) in [6.45, 7) is 0. The van der Waals surface area contributed by atoms with E-state index in [0.717, 1.165) is 17.7 Å². The largest absolute Gasteiger partial charge is 0.382 e. The zero-order valence-electron chi connectivity index (χ0n) is 14.1. The fourth-order valence-corrected chi connectivity index (χ4v) is 4.63. The maximum Gasteiger partial charge on any atom is 0.258 e. The number of aromatic nitrogens is 4. The number of hydrogen-bond acceptors (Lipinski definition) is 4. The normalized spacial score (nSPS) is 25.9. The van der Waals surface area contributed by atoms with Crippen LogP contribution in [-0.2, 0) is 12.6 Å². The molecule has 0 spiro atoms. The van der Waals surface area contributed by atoms with Crippen molar-refractivity contribution in [3.8, 4) is 0 Å². The Bertz CT molecular complexity index is 1020. The van der Waals surface area contributed by atoms with Gasteiger partial charge in [0.05, 0.1) is 11.7 Å². The van der Waals surface area contributed by atoms with E-state index in [2.05, 4.69) is 10.3 Å². The molecule has 0 radical (unpaired) electrons. The monoisotopic (exact) mass is 336 g/mol. The third kappa shape index (κ3) is 2.03. The van der Waals surface area contributed by atoms with E-state index < -0.39 is 6.10 Å². The van der Waals surface area contributed by atoms with Crippen molar-refractivity contribution in [1.82, 2.24) is 19.6 Å². The summed E-state index contributed by atoms with van der Waals surface area (Å²) in [7, 11) is 1.73. The highest BCUT2D eigenvalue weighted by Crippen LogP contribution is 2.56. The first kappa shape index (κ1) is 14.8. The van der Waals surface area contributed by atoms with Gasteiger partial charge in [0.2, 0.25) is 0 Å². The molecule has 1 aromatic carbocycles. The van der Waals surface area contributed by atoms with Crippen LogP contribution in [0.3, 0.4) is 0 Å². The molecule has 3 aliphatic carbocycles. The van der Waals surface area contributed by atoms with Crippen LogP contribution in [0.4, 0.5) is 0 Å². The quantitative estimate of drug-likeness (QED) is 0.795. The summed E-state index contributed by atoms with van der Waals surface area (Å²) < 4.78 is 3.50. The molecule has 0 aliphatic heterocycles. The van der Waals surface area contributed by atoms with E-state index in [9.17, 15) is 9.90 Å². The van der Waals surface area contributed by atoms with Crippen molar-refractivity contribution < 1.29 is 5.11 Å². The van der Waals surface area contributed by atoms with Crippen molar-refractivity contribution in [3.63, 3.8) is 0 Å². The number of fused-ring (bicyclic) bond motifs is 2. The number of rotatable bonds is 3. The van der Waals surface area contributed by atoms with E-state index in [0.29, 0.717) is 16.6 Å². The number of benzene rings is 1. The highest BCUT2D eigenvalue weighted by Gasteiger charge is 2.52. The summed E-state index contributed by atoms with van der Waals surface area (Å²) in [6, 6.07) is 7.31. The summed E-state index contributed by atoms with van der Waals surface area (Å²) in [5, 5.41) is 20.8. The van der Waals surface area contributed by atoms with Crippen molar-refractivity contribution in [2.75, 3.05) is 0 Å². The van der Waals surface area contributed by atoms with Gasteiger partial charge in [-0.2, -0.15) is 0 Å². The molecule has 2 aromatic heterocycles. The SMILES string of the molecule is Cn1ccc2c(C(O)c3cn(C45CCC(C4)C5)nn3)cccc2c1=O. The second-order valence-corrected chi connectivity index (χ2v) is 7.57. The first-order valence-corrected chi connectivity index (χ1v) is 8.76. The van der Waals surface area contributed by atoms with E-state index in [4.69, 9.17) is 0 Å². The summed E-state index contributed by atoms with van der Waals surface area (Å²) in [6.07, 6.45) is 7.49. The smallest absolute Gasteiger partial charge is 0.258 e. The van der Waals surface area contributed by atoms with Crippen molar-refractivity contribution in [2.45, 2.75) is 37.3 Å². The summed E-state index contributed by atoms with van der Waals surface area (Å²) in [5.41, 5.74) is 1.29. The maximum atomic E-state index is 12.3. The first-order valence-electron chi connectivity index (χ1n) is 8.76. The van der Waals surface area contributed by atoms with Crippen LogP contribution in [0.25, 0.3) is 10.8 Å². The third-order valence-electron chi connectivity index (χ3n) is 6.08. The molecule has 25 heavy (non-hydrogen) atoms. The lowest BCUT2D eigenvalue weighted by Gasteiger charge is -2.38. The molecular weight excluding hydrogens is 316 g/mol. The molecule has 3 saturated carbocycles. The molecule has 1 atom stereocenters. The standard InChI is InChI=1S/C19H20N4O2/c1-22-8-6-13-14(3-2-4-15(13)18(22)25)17(24)16-11-23(21-20-16)19-7-5-12(9-19)10-19/h2-4,6,8,11-12,17,24H,5,7,9-10H2,1H3. The van der Waals surface area contributed by atoms with Crippen LogP contribution in [0.1, 0.15) is 43.0 Å². The Labute approximate surface area is 144 Å². The second-order valence-electron chi connectivity index (χ2n) is 7.57. The van der Waals surface area contributed by atoms with Gasteiger partial charge in [-0.15, -0.1) is 5.10 Å². The van der Waals surface area contributed by atoms with Crippen LogP contribution >= 0.6 is 0 Å². The van der Waals surface area contributed by atoms with Gasteiger partial charge < -0.3 is 9.67 Å². The molecule has 3 fully saturated rings. The van der Waals surface area contributed by atoms with Gasteiger partial charge in [-0.25, -0.2) is 4.68 Å². The van der Waals surface area contributed by atoms with E-state index in [-0.39, 0.29) is 11.1 Å². The van der Waals surface area contributed by atoms with Gasteiger partial charge in [-0.05, 0) is 54.7 Å². The second kappa shape index (κ2) is 5.02. The van der Waals surface area contributed by atoms with Gasteiger partial charge >= 0.3 is 0 Å². The Morgan fingerprint density at radius 1 is 1.28 bits per heavy atom. The lowest BCUT2D eigenvalue weighted by Crippen LogP contribution is -2.39. The summed E-state index contributed by atoms with van der Waals surface area (Å²) in [5.74, 6) is 0.840. The number of pyridine rings is 1. The lowest BCUT2D eigenvalue weighted by atomic mass is 9.77. The van der Waals surface area contributed by atoms with Gasteiger partial charge in [-0.3, -0.25) is 4.79 Å². The average Bonchev–Trinajstić information content (AvgIpc) is 3.31. The van der Waals surface area contributed by atoms with Gasteiger partial charge in [0.1, 0.15) is 11.8 Å². The van der Waals surface area contributed by atoms with Crippen molar-refractivity contribution in [1.29, 1.82) is 0 Å². The minimum Gasteiger partial charge on any atom is -0.382 e. The van der Waals surface area contributed by atoms with Crippen molar-refractivity contribution >= 4 is 10.8 Å². The fourth-order valence-electron chi connectivity index (χ4n) is 4.63. The minimum absolute atomic E-state index is 0.0689. The Kier molecular flexibility index (Phi) is 2.98. The summed E-state index contributed by atoms with van der Waals surface area (Å²) >= 11 is 0. The van der Waals surface area contributed by atoms with Crippen LogP contribution in [0.2, 0.25) is 0 Å². The molecule has 0 amide bonds. The number of hydrogen-bond donors (Lipinski definition) is 1. The fraction of sp³-hybridized carbons (Fsp3) is 0.421. The topological polar surface area (TPSA) is 72.9 Å². The minimum atomic E-state index is -0.891. The predicted octanol–water partition coefficient (Wildman–Crippen LogP) is 2.11. The molecule has 2 bridgehead atoms. The maximum absolute atomic E-state index is 12.3. The highest BCUT2D eigenvalue weighted by atomic mass is 16.3. The van der Waals surface area contributed by atoms with Crippen LogP contribution in [0, 0.1) is 5.92 Å². The third-order valence-corrected chi connectivity index (χ3v) is 6.08. The molecule has 2 heterocycles. The van der Waals surface area contributed by atoms with Crippen molar-refractivity contribution in [2.24, 2.45) is 13.0 Å². The Balaban J connectivity index is 1.56. The van der Waals surface area contributed by atoms with Gasteiger partial charge in [-0.1, -0.05) is 17.3 Å². The van der Waals surface area contributed by atoms with Crippen molar-refractivity contribution in [3.05, 3.63) is 58.3 Å². The molecule has 1 N–H and O–H groups in total.